The lowest BCUT2D eigenvalue weighted by Crippen LogP contribution is -2.49. The van der Waals surface area contributed by atoms with E-state index in [1.165, 1.54) is 11.7 Å². The van der Waals surface area contributed by atoms with Gasteiger partial charge in [-0.2, -0.15) is 0 Å². The summed E-state index contributed by atoms with van der Waals surface area (Å²) in [6, 6.07) is 10.8. The number of ether oxygens (including phenoxy) is 1. The van der Waals surface area contributed by atoms with E-state index < -0.39 is 29.0 Å². The zero-order valence-corrected chi connectivity index (χ0v) is 20.3. The fourth-order valence-corrected chi connectivity index (χ4v) is 5.17. The first kappa shape index (κ1) is 23.4. The highest BCUT2D eigenvalue weighted by Crippen LogP contribution is 2.47. The van der Waals surface area contributed by atoms with Gasteiger partial charge in [0.25, 0.3) is 11.8 Å². The van der Waals surface area contributed by atoms with Crippen LogP contribution in [-0.2, 0) is 21.7 Å². The minimum absolute atomic E-state index is 0.0243. The second-order valence-electron chi connectivity index (χ2n) is 9.67. The Balaban J connectivity index is 1.33. The van der Waals surface area contributed by atoms with Gasteiger partial charge in [0.05, 0.1) is 13.7 Å². The summed E-state index contributed by atoms with van der Waals surface area (Å²) in [5, 5.41) is 22.0. The van der Waals surface area contributed by atoms with E-state index in [1.807, 2.05) is 0 Å². The molecule has 11 nitrogen and oxygen atoms in total. The number of carbonyl (C=O) groups excluding carboxylic acids is 4. The molecule has 11 heteroatoms. The number of urea groups is 2. The fraction of sp³-hybridized carbons (Fsp3) is 0.259. The van der Waals surface area contributed by atoms with E-state index in [2.05, 4.69) is 33.1 Å². The third-order valence-corrected chi connectivity index (χ3v) is 7.26. The number of nitrogens with one attached hydrogen (secondary N) is 4. The van der Waals surface area contributed by atoms with Gasteiger partial charge in [-0.15, -0.1) is 0 Å². The molecule has 6 rings (SSSR count). The van der Waals surface area contributed by atoms with Gasteiger partial charge in [-0.1, -0.05) is 24.0 Å². The zero-order chi connectivity index (χ0) is 26.7. The molecule has 1 aliphatic carbocycles. The Morgan fingerprint density at radius 3 is 2.32 bits per heavy atom. The van der Waals surface area contributed by atoms with Gasteiger partial charge in [-0.05, 0) is 54.7 Å². The SMILES string of the molecule is COc1ccc2cn(C[C@@]3(C#Cc4ccc(C5(C6CC6)NC(=O)NC5=O)cc4)NC(=O)NC3=O)c(O)c2c1. The van der Waals surface area contributed by atoms with Gasteiger partial charge < -0.3 is 25.0 Å². The number of fused-ring (bicyclic) bond motifs is 1. The van der Waals surface area contributed by atoms with Crippen molar-refractivity contribution >= 4 is 34.6 Å². The topological polar surface area (TPSA) is 151 Å². The molecule has 2 aliphatic heterocycles. The smallest absolute Gasteiger partial charge is 0.323 e. The Morgan fingerprint density at radius 2 is 1.71 bits per heavy atom. The number of imide groups is 2. The maximum atomic E-state index is 12.9. The van der Waals surface area contributed by atoms with Crippen molar-refractivity contribution in [3.05, 3.63) is 59.8 Å². The molecule has 1 aromatic heterocycles. The molecule has 2 saturated heterocycles. The van der Waals surface area contributed by atoms with Crippen molar-refractivity contribution in [2.24, 2.45) is 5.92 Å². The molecule has 6 amide bonds. The predicted molar refractivity (Wildman–Crippen MR) is 134 cm³/mol. The van der Waals surface area contributed by atoms with E-state index in [0.29, 0.717) is 22.3 Å². The lowest BCUT2D eigenvalue weighted by atomic mass is 9.84. The Morgan fingerprint density at radius 1 is 1.00 bits per heavy atom. The third kappa shape index (κ3) is 3.61. The number of amides is 6. The summed E-state index contributed by atoms with van der Waals surface area (Å²) in [5.74, 6) is 5.30. The van der Waals surface area contributed by atoms with Crippen LogP contribution >= 0.6 is 0 Å². The normalized spacial score (nSPS) is 24.3. The van der Waals surface area contributed by atoms with Gasteiger partial charge >= 0.3 is 12.1 Å². The van der Waals surface area contributed by atoms with Crippen LogP contribution in [0, 0.1) is 17.8 Å². The maximum Gasteiger partial charge on any atom is 0.323 e. The molecule has 3 heterocycles. The van der Waals surface area contributed by atoms with Gasteiger partial charge in [0.2, 0.25) is 5.54 Å². The average molecular weight is 514 g/mol. The van der Waals surface area contributed by atoms with Crippen molar-refractivity contribution in [1.29, 1.82) is 0 Å². The summed E-state index contributed by atoms with van der Waals surface area (Å²) < 4.78 is 6.68. The zero-order valence-electron chi connectivity index (χ0n) is 20.3. The molecule has 0 radical (unpaired) electrons. The molecule has 1 unspecified atom stereocenters. The van der Waals surface area contributed by atoms with Crippen LogP contribution < -0.4 is 26.0 Å². The van der Waals surface area contributed by atoms with Crippen LogP contribution in [-0.4, -0.2) is 46.2 Å². The van der Waals surface area contributed by atoms with Crippen molar-refractivity contribution in [2.75, 3.05) is 7.11 Å². The van der Waals surface area contributed by atoms with E-state index in [1.54, 1.807) is 48.7 Å². The molecule has 5 N–H and O–H groups in total. The highest BCUT2D eigenvalue weighted by molar-refractivity contribution is 6.09. The number of benzene rings is 2. The van der Waals surface area contributed by atoms with Gasteiger partial charge in [0.15, 0.2) is 5.88 Å². The van der Waals surface area contributed by atoms with Crippen LogP contribution in [0.3, 0.4) is 0 Å². The number of hydrogen-bond donors (Lipinski definition) is 5. The van der Waals surface area contributed by atoms with E-state index >= 15 is 0 Å². The first-order valence-corrected chi connectivity index (χ1v) is 12.0. The molecule has 0 bridgehead atoms. The molecule has 0 spiro atoms. The third-order valence-electron chi connectivity index (χ3n) is 7.26. The van der Waals surface area contributed by atoms with Crippen LogP contribution in [0.5, 0.6) is 11.6 Å². The molecule has 2 atom stereocenters. The summed E-state index contributed by atoms with van der Waals surface area (Å²) in [5.41, 5.74) is -1.56. The van der Waals surface area contributed by atoms with Crippen molar-refractivity contribution in [1.82, 2.24) is 25.8 Å². The number of aromatic nitrogens is 1. The number of methoxy groups -OCH3 is 1. The number of rotatable bonds is 5. The Labute approximate surface area is 216 Å². The van der Waals surface area contributed by atoms with E-state index in [0.717, 1.165) is 18.2 Å². The number of hydrogen-bond acceptors (Lipinski definition) is 6. The lowest BCUT2D eigenvalue weighted by Gasteiger charge is -2.26. The highest BCUT2D eigenvalue weighted by Gasteiger charge is 2.57. The minimum Gasteiger partial charge on any atom is -0.497 e. The molecule has 2 aromatic carbocycles. The molecule has 38 heavy (non-hydrogen) atoms. The van der Waals surface area contributed by atoms with Crippen molar-refractivity contribution < 1.29 is 29.0 Å². The van der Waals surface area contributed by atoms with Crippen LogP contribution in [0.4, 0.5) is 9.59 Å². The van der Waals surface area contributed by atoms with E-state index in [9.17, 15) is 24.3 Å². The van der Waals surface area contributed by atoms with Crippen LogP contribution in [0.25, 0.3) is 10.8 Å². The summed E-state index contributed by atoms with van der Waals surface area (Å²) in [6.07, 6.45) is 3.33. The predicted octanol–water partition coefficient (Wildman–Crippen LogP) is 1.43. The van der Waals surface area contributed by atoms with Crippen molar-refractivity contribution in [2.45, 2.75) is 30.5 Å². The van der Waals surface area contributed by atoms with Crippen molar-refractivity contribution in [3.8, 4) is 23.5 Å². The summed E-state index contributed by atoms with van der Waals surface area (Å²) in [6.45, 7) is -0.143. The Hall–Kier alpha value is -4.98. The van der Waals surface area contributed by atoms with Gasteiger partial charge in [0, 0.05) is 22.5 Å². The average Bonchev–Trinajstić information content (AvgIpc) is 3.58. The molecular weight excluding hydrogens is 490 g/mol. The maximum absolute atomic E-state index is 12.9. The lowest BCUT2D eigenvalue weighted by molar-refractivity contribution is -0.125. The molecule has 1 saturated carbocycles. The Bertz CT molecular complexity index is 1600. The molecule has 3 aromatic rings. The first-order valence-electron chi connectivity index (χ1n) is 12.0. The van der Waals surface area contributed by atoms with Gasteiger partial charge in [-0.3, -0.25) is 20.2 Å². The standard InChI is InChI=1S/C27H23N5O6/c1-38-19-9-4-16-13-32(21(33)20(16)12-19)14-26(22(34)28-24(36)30-26)11-10-15-2-5-17(6-3-15)27(18-7-8-18)23(35)29-25(37)31-27/h2-6,9,12-13,18,33H,7-8,14H2,1H3,(H2,28,30,34,36)(H2,29,31,35,37)/t26-,27?/m1/s1. The Kier molecular flexibility index (Phi) is 5.10. The van der Waals surface area contributed by atoms with Crippen molar-refractivity contribution in [3.63, 3.8) is 0 Å². The van der Waals surface area contributed by atoms with E-state index in [-0.39, 0.29) is 24.2 Å². The first-order chi connectivity index (χ1) is 18.2. The largest absolute Gasteiger partial charge is 0.497 e. The second kappa shape index (κ2) is 8.27. The molecule has 3 aliphatic rings. The monoisotopic (exact) mass is 513 g/mol. The van der Waals surface area contributed by atoms with Crippen LogP contribution in [0.15, 0.2) is 48.7 Å². The quantitative estimate of drug-likeness (QED) is 0.257. The molecule has 192 valence electrons. The number of nitrogens with zero attached hydrogens (tertiary/aromatic N) is 1. The van der Waals surface area contributed by atoms with E-state index in [4.69, 9.17) is 4.74 Å². The van der Waals surface area contributed by atoms with Gasteiger partial charge in [0.1, 0.15) is 11.3 Å². The highest BCUT2D eigenvalue weighted by atomic mass is 16.5. The summed E-state index contributed by atoms with van der Waals surface area (Å²) in [7, 11) is 1.52. The second-order valence-corrected chi connectivity index (χ2v) is 9.67. The summed E-state index contributed by atoms with van der Waals surface area (Å²) in [4.78, 5) is 49.5. The number of carbonyl (C=O) groups is 4. The number of aromatic hydroxyl groups is 1. The molecule has 3 fully saturated rings. The minimum atomic E-state index is -1.64. The fourth-order valence-electron chi connectivity index (χ4n) is 5.17. The van der Waals surface area contributed by atoms with Gasteiger partial charge in [-0.25, -0.2) is 9.59 Å². The summed E-state index contributed by atoms with van der Waals surface area (Å²) >= 11 is 0. The molecular formula is C27H23N5O6. The van der Waals surface area contributed by atoms with Crippen LogP contribution in [0.2, 0.25) is 0 Å². The van der Waals surface area contributed by atoms with Crippen LogP contribution in [0.1, 0.15) is 24.0 Å².